The number of nitrogens with one attached hydrogen (secondary N) is 2. The van der Waals surface area contributed by atoms with Gasteiger partial charge in [-0.25, -0.2) is 0 Å². The lowest BCUT2D eigenvalue weighted by molar-refractivity contribution is -0.166. The average Bonchev–Trinajstić information content (AvgIpc) is 2.37. The highest BCUT2D eigenvalue weighted by Crippen LogP contribution is 2.39. The first-order valence-electron chi connectivity index (χ1n) is 6.98. The molecule has 3 rings (SSSR count). The van der Waals surface area contributed by atoms with Crippen molar-refractivity contribution in [3.63, 3.8) is 0 Å². The Morgan fingerprint density at radius 3 is 2.76 bits per heavy atom. The van der Waals surface area contributed by atoms with Gasteiger partial charge in [0.25, 0.3) is 5.91 Å². The summed E-state index contributed by atoms with van der Waals surface area (Å²) in [6.07, 6.45) is 0. The van der Waals surface area contributed by atoms with Crippen LogP contribution in [0.5, 0.6) is 5.75 Å². The second kappa shape index (κ2) is 5.04. The first-order chi connectivity index (χ1) is 10.0. The van der Waals surface area contributed by atoms with Crippen molar-refractivity contribution in [1.29, 1.82) is 0 Å². The number of anilines is 2. The Kier molecular flexibility index (Phi) is 3.33. The Morgan fingerprint density at radius 2 is 2.14 bits per heavy atom. The summed E-state index contributed by atoms with van der Waals surface area (Å²) in [5.74, 6) is 0.430. The maximum atomic E-state index is 12.6. The third-order valence-electron chi connectivity index (χ3n) is 4.17. The lowest BCUT2D eigenvalue weighted by Crippen LogP contribution is -2.55. The number of rotatable bonds is 3. The third kappa shape index (κ3) is 2.25. The molecule has 1 aromatic carbocycles. The minimum atomic E-state index is -0.498. The topological polar surface area (TPSA) is 76.7 Å². The van der Waals surface area contributed by atoms with Crippen LogP contribution in [-0.4, -0.2) is 31.6 Å². The second-order valence-electron chi connectivity index (χ2n) is 5.77. The monoisotopic (exact) mass is 290 g/mol. The first-order valence-corrected chi connectivity index (χ1v) is 6.98. The molecular formula is C15H18N2O4. The Labute approximate surface area is 122 Å². The molecule has 0 saturated carbocycles. The molecule has 1 saturated heterocycles. The van der Waals surface area contributed by atoms with E-state index in [1.807, 2.05) is 13.8 Å². The van der Waals surface area contributed by atoms with Crippen LogP contribution in [0, 0.1) is 11.3 Å². The van der Waals surface area contributed by atoms with Crippen molar-refractivity contribution in [3.05, 3.63) is 18.2 Å². The van der Waals surface area contributed by atoms with E-state index >= 15 is 0 Å². The van der Waals surface area contributed by atoms with Gasteiger partial charge in [-0.15, -0.1) is 0 Å². The van der Waals surface area contributed by atoms with Crippen LogP contribution in [0.3, 0.4) is 0 Å². The molecule has 2 aliphatic heterocycles. The molecule has 2 amide bonds. The van der Waals surface area contributed by atoms with Crippen LogP contribution in [0.15, 0.2) is 18.2 Å². The number of ether oxygens (including phenoxy) is 2. The predicted molar refractivity (Wildman–Crippen MR) is 77.3 cm³/mol. The van der Waals surface area contributed by atoms with Gasteiger partial charge in [0.2, 0.25) is 5.91 Å². The maximum absolute atomic E-state index is 12.6. The highest BCUT2D eigenvalue weighted by molar-refractivity contribution is 6.04. The van der Waals surface area contributed by atoms with Crippen molar-refractivity contribution >= 4 is 23.2 Å². The van der Waals surface area contributed by atoms with Crippen molar-refractivity contribution in [1.82, 2.24) is 0 Å². The van der Waals surface area contributed by atoms with Crippen LogP contribution in [0.2, 0.25) is 0 Å². The number of benzene rings is 1. The summed E-state index contributed by atoms with van der Waals surface area (Å²) in [7, 11) is 0. The van der Waals surface area contributed by atoms with Crippen LogP contribution < -0.4 is 15.4 Å². The molecule has 0 radical (unpaired) electrons. The molecule has 6 heteroatoms. The number of carbonyl (C=O) groups is 2. The van der Waals surface area contributed by atoms with E-state index in [0.717, 1.165) is 0 Å². The predicted octanol–water partition coefficient (Wildman–Crippen LogP) is 1.63. The fourth-order valence-corrected chi connectivity index (χ4v) is 2.50. The standard InChI is InChI=1S/C15H18N2O4/c1-9(2)15(7-20-8-15)14(19)16-10-4-3-5-11-13(10)17-12(18)6-21-11/h3-5,9H,6-8H2,1-2H3,(H,16,19)(H,17,18). The number of carbonyl (C=O) groups excluding carboxylic acids is 2. The van der Waals surface area contributed by atoms with E-state index in [9.17, 15) is 9.59 Å². The minimum absolute atomic E-state index is 0.00578. The molecule has 2 heterocycles. The molecule has 112 valence electrons. The number of hydrogen-bond donors (Lipinski definition) is 2. The van der Waals surface area contributed by atoms with E-state index < -0.39 is 5.41 Å². The van der Waals surface area contributed by atoms with Crippen LogP contribution in [0.1, 0.15) is 13.8 Å². The van der Waals surface area contributed by atoms with Gasteiger partial charge in [-0.1, -0.05) is 19.9 Å². The van der Waals surface area contributed by atoms with Gasteiger partial charge in [0, 0.05) is 0 Å². The lowest BCUT2D eigenvalue weighted by atomic mass is 9.74. The van der Waals surface area contributed by atoms with Gasteiger partial charge in [-0.3, -0.25) is 9.59 Å². The highest BCUT2D eigenvalue weighted by Gasteiger charge is 2.48. The van der Waals surface area contributed by atoms with Crippen LogP contribution in [0.25, 0.3) is 0 Å². The first kappa shape index (κ1) is 13.9. The van der Waals surface area contributed by atoms with E-state index in [-0.39, 0.29) is 24.3 Å². The van der Waals surface area contributed by atoms with Crippen molar-refractivity contribution in [2.45, 2.75) is 13.8 Å². The number of para-hydroxylation sites is 1. The van der Waals surface area contributed by atoms with Crippen LogP contribution >= 0.6 is 0 Å². The number of hydrogen-bond acceptors (Lipinski definition) is 4. The molecule has 2 N–H and O–H groups in total. The molecule has 1 aromatic rings. The molecule has 0 aliphatic carbocycles. The van der Waals surface area contributed by atoms with E-state index in [1.54, 1.807) is 18.2 Å². The number of amides is 2. The zero-order valence-corrected chi connectivity index (χ0v) is 12.1. The normalized spacial score (nSPS) is 19.1. The van der Waals surface area contributed by atoms with E-state index in [1.165, 1.54) is 0 Å². The fourth-order valence-electron chi connectivity index (χ4n) is 2.50. The fraction of sp³-hybridized carbons (Fsp3) is 0.467. The molecule has 0 atom stereocenters. The minimum Gasteiger partial charge on any atom is -0.481 e. The quantitative estimate of drug-likeness (QED) is 0.887. The largest absolute Gasteiger partial charge is 0.481 e. The number of fused-ring (bicyclic) bond motifs is 1. The molecule has 0 aromatic heterocycles. The van der Waals surface area contributed by atoms with E-state index in [0.29, 0.717) is 30.3 Å². The van der Waals surface area contributed by atoms with Crippen molar-refractivity contribution in [2.75, 3.05) is 30.5 Å². The lowest BCUT2D eigenvalue weighted by Gasteiger charge is -2.43. The molecule has 6 nitrogen and oxygen atoms in total. The summed E-state index contributed by atoms with van der Waals surface area (Å²) in [6, 6.07) is 5.29. The Hall–Kier alpha value is -2.08. The summed E-state index contributed by atoms with van der Waals surface area (Å²) in [4.78, 5) is 24.0. The van der Waals surface area contributed by atoms with Gasteiger partial charge in [0.15, 0.2) is 6.61 Å². The Balaban J connectivity index is 1.86. The molecule has 2 aliphatic rings. The Morgan fingerprint density at radius 1 is 1.38 bits per heavy atom. The zero-order chi connectivity index (χ0) is 15.0. The van der Waals surface area contributed by atoms with Gasteiger partial charge in [0.1, 0.15) is 11.4 Å². The molecule has 0 spiro atoms. The third-order valence-corrected chi connectivity index (χ3v) is 4.17. The molecule has 0 unspecified atom stereocenters. The maximum Gasteiger partial charge on any atom is 0.262 e. The van der Waals surface area contributed by atoms with Gasteiger partial charge in [-0.05, 0) is 18.1 Å². The Bertz CT molecular complexity index is 593. The molecule has 0 bridgehead atoms. The summed E-state index contributed by atoms with van der Waals surface area (Å²) >= 11 is 0. The van der Waals surface area contributed by atoms with Gasteiger partial charge >= 0.3 is 0 Å². The van der Waals surface area contributed by atoms with Gasteiger partial charge < -0.3 is 20.1 Å². The highest BCUT2D eigenvalue weighted by atomic mass is 16.5. The molecule has 21 heavy (non-hydrogen) atoms. The van der Waals surface area contributed by atoms with Crippen LogP contribution in [0.4, 0.5) is 11.4 Å². The smallest absolute Gasteiger partial charge is 0.262 e. The van der Waals surface area contributed by atoms with Gasteiger partial charge in [0.05, 0.1) is 24.3 Å². The molecule has 1 fully saturated rings. The molecular weight excluding hydrogens is 272 g/mol. The van der Waals surface area contributed by atoms with Crippen molar-refractivity contribution < 1.29 is 19.1 Å². The zero-order valence-electron chi connectivity index (χ0n) is 12.1. The van der Waals surface area contributed by atoms with Gasteiger partial charge in [-0.2, -0.15) is 0 Å². The van der Waals surface area contributed by atoms with Crippen molar-refractivity contribution in [2.24, 2.45) is 11.3 Å². The van der Waals surface area contributed by atoms with E-state index in [2.05, 4.69) is 10.6 Å². The summed E-state index contributed by atoms with van der Waals surface area (Å²) in [5, 5.41) is 5.64. The average molecular weight is 290 g/mol. The van der Waals surface area contributed by atoms with E-state index in [4.69, 9.17) is 9.47 Å². The SMILES string of the molecule is CC(C)C1(C(=O)Nc2cccc3c2NC(=O)CO3)COC1. The summed E-state index contributed by atoms with van der Waals surface area (Å²) in [5.41, 5.74) is 0.571. The van der Waals surface area contributed by atoms with Crippen molar-refractivity contribution in [3.8, 4) is 5.75 Å². The second-order valence-corrected chi connectivity index (χ2v) is 5.77. The summed E-state index contributed by atoms with van der Waals surface area (Å²) in [6.45, 7) is 4.86. The summed E-state index contributed by atoms with van der Waals surface area (Å²) < 4.78 is 10.6. The van der Waals surface area contributed by atoms with Crippen LogP contribution in [-0.2, 0) is 14.3 Å².